The smallest absolute Gasteiger partial charge is 0.295 e. The third-order valence-electron chi connectivity index (χ3n) is 3.71. The molecule has 0 bridgehead atoms. The Hall–Kier alpha value is -2.55. The number of anilines is 1. The van der Waals surface area contributed by atoms with Gasteiger partial charge >= 0.3 is 5.08 Å². The zero-order valence-electron chi connectivity index (χ0n) is 11.5. The second kappa shape index (κ2) is 5.58. The monoisotopic (exact) mass is 426 g/mol. The largest absolute Gasteiger partial charge is 0.308 e. The number of nitrogens with one attached hydrogen (secondary N) is 2. The fourth-order valence-electron chi connectivity index (χ4n) is 2.70. The normalized spacial score (nSPS) is 20.2. The molecule has 116 valence electrons. The Morgan fingerprint density at radius 1 is 1.22 bits per heavy atom. The molecule has 2 N–H and O–H groups in total. The highest BCUT2D eigenvalue weighted by molar-refractivity contribution is 14.1. The molecule has 1 aromatic carbocycles. The minimum Gasteiger partial charge on any atom is -0.295 e. The fraction of sp³-hybridized carbons (Fsp3) is 0.231. The lowest BCUT2D eigenvalue weighted by Gasteiger charge is -2.27. The van der Waals surface area contributed by atoms with E-state index in [0.29, 0.717) is 3.57 Å². The Morgan fingerprint density at radius 2 is 1.91 bits per heavy atom. The van der Waals surface area contributed by atoms with Gasteiger partial charge in [0.25, 0.3) is 17.2 Å². The highest BCUT2D eigenvalue weighted by Crippen LogP contribution is 2.35. The number of rotatable bonds is 2. The third kappa shape index (κ3) is 2.33. The van der Waals surface area contributed by atoms with Gasteiger partial charge in [0, 0.05) is 9.99 Å². The molecule has 2 aliphatic heterocycles. The number of hydrogen-bond donors (Lipinski definition) is 2. The Labute approximate surface area is 143 Å². The Bertz CT molecular complexity index is 815. The number of amides is 4. The van der Waals surface area contributed by atoms with E-state index in [1.807, 2.05) is 22.6 Å². The van der Waals surface area contributed by atoms with Crippen LogP contribution in [0.15, 0.2) is 12.1 Å². The van der Waals surface area contributed by atoms with Crippen molar-refractivity contribution in [3.8, 4) is 0 Å². The summed E-state index contributed by atoms with van der Waals surface area (Å²) in [5.74, 6) is -2.37. The van der Waals surface area contributed by atoms with Crippen molar-refractivity contribution < 1.29 is 19.2 Å². The van der Waals surface area contributed by atoms with E-state index in [1.54, 1.807) is 6.07 Å². The number of imide groups is 2. The van der Waals surface area contributed by atoms with E-state index in [4.69, 9.17) is 5.39 Å². The van der Waals surface area contributed by atoms with Crippen LogP contribution in [0.3, 0.4) is 0 Å². The molecule has 0 radical (unpaired) electrons. The molecule has 0 saturated carbocycles. The van der Waals surface area contributed by atoms with E-state index in [1.165, 1.54) is 6.07 Å². The molecule has 1 aromatic rings. The first-order valence-electron chi connectivity index (χ1n) is 6.60. The van der Waals surface area contributed by atoms with Crippen LogP contribution in [0.5, 0.6) is 0 Å². The second-order valence-corrected chi connectivity index (χ2v) is 6.17. The molecule has 0 aromatic heterocycles. The van der Waals surface area contributed by atoms with Crippen LogP contribution >= 0.6 is 22.6 Å². The highest BCUT2D eigenvalue weighted by Gasteiger charge is 2.47. The summed E-state index contributed by atoms with van der Waals surface area (Å²) >= 11 is 1.91. The molecular formula is C13H9IN5O4+. The SMILES string of the molecule is N#[N+]Nc1ccc(I)c2c1C(=O)N(C1CCC(=O)NC1=O)C2=O. The van der Waals surface area contributed by atoms with Crippen molar-refractivity contribution in [3.63, 3.8) is 0 Å². The summed E-state index contributed by atoms with van der Waals surface area (Å²) in [6, 6.07) is 2.06. The number of nitrogens with zero attached hydrogens (tertiary/aromatic N) is 3. The van der Waals surface area contributed by atoms with Crippen LogP contribution in [-0.2, 0) is 9.59 Å². The Balaban J connectivity index is 2.06. The maximum absolute atomic E-state index is 12.7. The molecule has 2 aliphatic rings. The number of fused-ring (bicyclic) bond motifs is 1. The van der Waals surface area contributed by atoms with Crippen molar-refractivity contribution in [2.24, 2.45) is 0 Å². The van der Waals surface area contributed by atoms with Crippen molar-refractivity contribution in [2.75, 3.05) is 5.43 Å². The van der Waals surface area contributed by atoms with Gasteiger partial charge in [-0.3, -0.25) is 29.4 Å². The number of carbonyl (C=O) groups excluding carboxylic acids is 4. The van der Waals surface area contributed by atoms with E-state index in [-0.39, 0.29) is 29.7 Å². The van der Waals surface area contributed by atoms with E-state index in [2.05, 4.69) is 15.8 Å². The summed E-state index contributed by atoms with van der Waals surface area (Å²) in [7, 11) is 0. The second-order valence-electron chi connectivity index (χ2n) is 5.00. The fourth-order valence-corrected chi connectivity index (χ4v) is 3.38. The van der Waals surface area contributed by atoms with Crippen molar-refractivity contribution in [1.82, 2.24) is 10.2 Å². The van der Waals surface area contributed by atoms with Crippen LogP contribution in [0.25, 0.3) is 5.08 Å². The Kier molecular flexibility index (Phi) is 3.72. The van der Waals surface area contributed by atoms with Gasteiger partial charge in [0.15, 0.2) is 0 Å². The summed E-state index contributed by atoms with van der Waals surface area (Å²) in [5.41, 5.74) is 2.61. The van der Waals surface area contributed by atoms with Gasteiger partial charge in [-0.2, -0.15) is 0 Å². The average Bonchev–Trinajstić information content (AvgIpc) is 2.76. The first-order chi connectivity index (χ1) is 11.0. The molecule has 4 amide bonds. The van der Waals surface area contributed by atoms with Crippen LogP contribution in [0, 0.1) is 8.96 Å². The third-order valence-corrected chi connectivity index (χ3v) is 4.61. The number of diazo groups is 1. The standard InChI is InChI=1S/C13H8IN5O4/c14-5-1-2-6(17-18-15)10-9(5)12(22)19(13(10)23)7-3-4-8(20)16-11(7)21/h1-2,7H,3-4H2,(H-,16,17,20,21,23)/p+1. The van der Waals surface area contributed by atoms with Crippen LogP contribution in [0.1, 0.15) is 33.6 Å². The average molecular weight is 426 g/mol. The minimum absolute atomic E-state index is 0.0457. The number of carbonyl (C=O) groups is 4. The molecular weight excluding hydrogens is 417 g/mol. The van der Waals surface area contributed by atoms with Gasteiger partial charge in [0.1, 0.15) is 11.7 Å². The topological polar surface area (TPSA) is 124 Å². The van der Waals surface area contributed by atoms with E-state index in [9.17, 15) is 19.2 Å². The first kappa shape index (κ1) is 15.3. The van der Waals surface area contributed by atoms with Gasteiger partial charge < -0.3 is 0 Å². The van der Waals surface area contributed by atoms with Crippen molar-refractivity contribution in [2.45, 2.75) is 18.9 Å². The summed E-state index contributed by atoms with van der Waals surface area (Å²) in [6.45, 7) is 0. The number of hydrogen-bond acceptors (Lipinski definition) is 6. The van der Waals surface area contributed by atoms with Crippen molar-refractivity contribution in [3.05, 3.63) is 31.9 Å². The van der Waals surface area contributed by atoms with Crippen LogP contribution < -0.4 is 10.7 Å². The van der Waals surface area contributed by atoms with Crippen LogP contribution in [0.2, 0.25) is 0 Å². The van der Waals surface area contributed by atoms with Crippen molar-refractivity contribution in [1.29, 1.82) is 5.39 Å². The zero-order valence-corrected chi connectivity index (χ0v) is 13.7. The maximum Gasteiger partial charge on any atom is 0.308 e. The maximum atomic E-state index is 12.7. The predicted octanol–water partition coefficient (Wildman–Crippen LogP) is 0.872. The number of benzene rings is 1. The predicted molar refractivity (Wildman–Crippen MR) is 84.5 cm³/mol. The van der Waals surface area contributed by atoms with Gasteiger partial charge in [-0.25, -0.2) is 0 Å². The lowest BCUT2D eigenvalue weighted by atomic mass is 10.0. The molecule has 23 heavy (non-hydrogen) atoms. The molecule has 1 fully saturated rings. The molecule has 3 rings (SSSR count). The lowest BCUT2D eigenvalue weighted by Crippen LogP contribution is -2.54. The summed E-state index contributed by atoms with van der Waals surface area (Å²) in [6.07, 6.45) is 0.137. The van der Waals surface area contributed by atoms with E-state index < -0.39 is 29.7 Å². The van der Waals surface area contributed by atoms with Crippen LogP contribution in [0.4, 0.5) is 5.69 Å². The molecule has 0 aliphatic carbocycles. The summed E-state index contributed by atoms with van der Waals surface area (Å²) in [5, 5.41) is 13.6. The van der Waals surface area contributed by atoms with Gasteiger partial charge in [0.2, 0.25) is 11.8 Å². The van der Waals surface area contributed by atoms with Gasteiger partial charge in [-0.15, -0.1) is 0 Å². The summed E-state index contributed by atoms with van der Waals surface area (Å²) < 4.78 is 0.536. The minimum atomic E-state index is -1.03. The number of halogens is 1. The molecule has 2 heterocycles. The quantitative estimate of drug-likeness (QED) is 0.313. The van der Waals surface area contributed by atoms with E-state index in [0.717, 1.165) is 4.90 Å². The molecule has 1 atom stereocenters. The van der Waals surface area contributed by atoms with Gasteiger partial charge in [-0.1, -0.05) is 0 Å². The van der Waals surface area contributed by atoms with Gasteiger partial charge in [0.05, 0.1) is 11.1 Å². The summed E-state index contributed by atoms with van der Waals surface area (Å²) in [4.78, 5) is 49.4. The Morgan fingerprint density at radius 3 is 2.57 bits per heavy atom. The van der Waals surface area contributed by atoms with Crippen molar-refractivity contribution >= 4 is 51.9 Å². The van der Waals surface area contributed by atoms with Crippen LogP contribution in [-0.4, -0.2) is 34.6 Å². The highest BCUT2D eigenvalue weighted by atomic mass is 127. The molecule has 1 unspecified atom stereocenters. The first-order valence-corrected chi connectivity index (χ1v) is 7.67. The number of piperidine rings is 1. The molecule has 9 nitrogen and oxygen atoms in total. The van der Waals surface area contributed by atoms with E-state index >= 15 is 0 Å². The lowest BCUT2D eigenvalue weighted by molar-refractivity contribution is -0.136. The molecule has 0 spiro atoms. The zero-order chi connectivity index (χ0) is 16.7. The molecule has 10 heteroatoms. The molecule has 1 saturated heterocycles. The van der Waals surface area contributed by atoms with Gasteiger partial charge in [-0.05, 0) is 46.6 Å².